The summed E-state index contributed by atoms with van der Waals surface area (Å²) in [5.41, 5.74) is 1.85. The third-order valence-corrected chi connectivity index (χ3v) is 3.83. The molecule has 2 aromatic rings. The van der Waals surface area contributed by atoms with Gasteiger partial charge in [0.15, 0.2) is 11.5 Å². The fraction of sp³-hybridized carbons (Fsp3) is 0.316. The third-order valence-electron chi connectivity index (χ3n) is 3.83. The van der Waals surface area contributed by atoms with E-state index in [9.17, 15) is 4.79 Å². The predicted octanol–water partition coefficient (Wildman–Crippen LogP) is 2.91. The van der Waals surface area contributed by atoms with Crippen LogP contribution in [0.25, 0.3) is 0 Å². The van der Waals surface area contributed by atoms with E-state index < -0.39 is 0 Å². The molecule has 0 spiro atoms. The maximum atomic E-state index is 12.5. The van der Waals surface area contributed by atoms with Gasteiger partial charge >= 0.3 is 0 Å². The second kappa shape index (κ2) is 8.24. The van der Waals surface area contributed by atoms with Gasteiger partial charge in [-0.05, 0) is 23.8 Å². The minimum atomic E-state index is 0.0214. The molecule has 0 aliphatic heterocycles. The van der Waals surface area contributed by atoms with Crippen molar-refractivity contribution >= 4 is 5.91 Å². The van der Waals surface area contributed by atoms with Crippen LogP contribution in [0.1, 0.15) is 11.1 Å². The van der Waals surface area contributed by atoms with Crippen LogP contribution in [-0.4, -0.2) is 39.2 Å². The average Bonchev–Trinajstić information content (AvgIpc) is 2.61. The van der Waals surface area contributed by atoms with Crippen molar-refractivity contribution in [2.75, 3.05) is 28.4 Å². The van der Waals surface area contributed by atoms with Gasteiger partial charge in [0.25, 0.3) is 0 Å². The molecule has 0 unspecified atom stereocenters. The van der Waals surface area contributed by atoms with Crippen molar-refractivity contribution in [3.63, 3.8) is 0 Å². The number of hydrogen-bond donors (Lipinski definition) is 0. The molecular formula is C19H23NO4. The van der Waals surface area contributed by atoms with E-state index in [-0.39, 0.29) is 5.91 Å². The van der Waals surface area contributed by atoms with Gasteiger partial charge in [-0.1, -0.05) is 24.3 Å². The van der Waals surface area contributed by atoms with E-state index in [1.807, 2.05) is 42.5 Å². The van der Waals surface area contributed by atoms with Gasteiger partial charge in [-0.15, -0.1) is 0 Å². The molecule has 0 saturated carbocycles. The Morgan fingerprint density at radius 1 is 0.917 bits per heavy atom. The number of ether oxygens (including phenoxy) is 3. The van der Waals surface area contributed by atoms with Gasteiger partial charge in [-0.3, -0.25) is 4.79 Å². The van der Waals surface area contributed by atoms with Crippen molar-refractivity contribution in [3.8, 4) is 17.2 Å². The predicted molar refractivity (Wildman–Crippen MR) is 92.7 cm³/mol. The molecule has 0 aromatic heterocycles. The monoisotopic (exact) mass is 329 g/mol. The number of carbonyl (C=O) groups excluding carboxylic acids is 1. The van der Waals surface area contributed by atoms with Gasteiger partial charge in [0.1, 0.15) is 5.75 Å². The van der Waals surface area contributed by atoms with E-state index in [1.54, 1.807) is 33.3 Å². The molecule has 24 heavy (non-hydrogen) atoms. The largest absolute Gasteiger partial charge is 0.496 e. The number of likely N-dealkylation sites (N-methyl/N-ethyl adjacent to an activating group) is 1. The number of amides is 1. The molecule has 5 nitrogen and oxygen atoms in total. The first-order valence-electron chi connectivity index (χ1n) is 7.65. The normalized spacial score (nSPS) is 10.2. The Morgan fingerprint density at radius 3 is 2.25 bits per heavy atom. The Kier molecular flexibility index (Phi) is 6.07. The number of para-hydroxylation sites is 1. The lowest BCUT2D eigenvalue weighted by atomic mass is 10.1. The third kappa shape index (κ3) is 4.19. The van der Waals surface area contributed by atoms with Crippen LogP contribution in [0.15, 0.2) is 42.5 Å². The van der Waals surface area contributed by atoms with Crippen LogP contribution >= 0.6 is 0 Å². The van der Waals surface area contributed by atoms with Crippen LogP contribution in [0.5, 0.6) is 17.2 Å². The first kappa shape index (κ1) is 17.7. The smallest absolute Gasteiger partial charge is 0.227 e. The Balaban J connectivity index is 2.06. The number of benzene rings is 2. The first-order chi connectivity index (χ1) is 11.6. The van der Waals surface area contributed by atoms with Crippen LogP contribution in [0.3, 0.4) is 0 Å². The fourth-order valence-electron chi connectivity index (χ4n) is 2.48. The van der Waals surface area contributed by atoms with Gasteiger partial charge in [0, 0.05) is 19.2 Å². The first-order valence-corrected chi connectivity index (χ1v) is 7.65. The topological polar surface area (TPSA) is 48.0 Å². The lowest BCUT2D eigenvalue weighted by Gasteiger charge is -2.19. The molecule has 0 bridgehead atoms. The maximum absolute atomic E-state index is 12.5. The second-order valence-corrected chi connectivity index (χ2v) is 5.43. The van der Waals surface area contributed by atoms with Crippen LogP contribution in [0.2, 0.25) is 0 Å². The highest BCUT2D eigenvalue weighted by Gasteiger charge is 2.14. The van der Waals surface area contributed by atoms with E-state index in [4.69, 9.17) is 14.2 Å². The maximum Gasteiger partial charge on any atom is 0.227 e. The van der Waals surface area contributed by atoms with E-state index in [1.165, 1.54) is 0 Å². The summed E-state index contributed by atoms with van der Waals surface area (Å²) in [6.45, 7) is 0.496. The lowest BCUT2D eigenvalue weighted by molar-refractivity contribution is -0.129. The van der Waals surface area contributed by atoms with Gasteiger partial charge in [0.2, 0.25) is 5.91 Å². The molecule has 0 atom stereocenters. The van der Waals surface area contributed by atoms with Crippen molar-refractivity contribution in [3.05, 3.63) is 53.6 Å². The molecule has 5 heteroatoms. The molecule has 0 heterocycles. The summed E-state index contributed by atoms with van der Waals surface area (Å²) < 4.78 is 15.8. The number of hydrogen-bond acceptors (Lipinski definition) is 4. The molecule has 2 aromatic carbocycles. The summed E-state index contributed by atoms with van der Waals surface area (Å²) in [6, 6.07) is 13.2. The quantitative estimate of drug-likeness (QED) is 0.784. The summed E-state index contributed by atoms with van der Waals surface area (Å²) in [4.78, 5) is 14.2. The Labute approximate surface area is 142 Å². The molecule has 0 saturated heterocycles. The van der Waals surface area contributed by atoms with Crippen LogP contribution in [0.4, 0.5) is 0 Å². The fourth-order valence-corrected chi connectivity index (χ4v) is 2.48. The second-order valence-electron chi connectivity index (χ2n) is 5.43. The van der Waals surface area contributed by atoms with Gasteiger partial charge in [-0.2, -0.15) is 0 Å². The van der Waals surface area contributed by atoms with Crippen LogP contribution in [0, 0.1) is 0 Å². The molecular weight excluding hydrogens is 306 g/mol. The minimum absolute atomic E-state index is 0.0214. The van der Waals surface area contributed by atoms with Crippen LogP contribution in [-0.2, 0) is 17.8 Å². The van der Waals surface area contributed by atoms with Gasteiger partial charge in [0.05, 0.1) is 27.8 Å². The van der Waals surface area contributed by atoms with E-state index in [0.717, 1.165) is 16.9 Å². The van der Waals surface area contributed by atoms with Crippen molar-refractivity contribution < 1.29 is 19.0 Å². The summed E-state index contributed by atoms with van der Waals surface area (Å²) in [6.07, 6.45) is 0.298. The van der Waals surface area contributed by atoms with Crippen molar-refractivity contribution in [1.82, 2.24) is 4.90 Å². The highest BCUT2D eigenvalue weighted by molar-refractivity contribution is 5.78. The number of carbonyl (C=O) groups is 1. The Morgan fingerprint density at radius 2 is 1.58 bits per heavy atom. The standard InChI is InChI=1S/C19H23NO4/c1-20(13-15-7-5-6-8-16(15)22-2)19(21)12-14-9-10-17(23-3)18(11-14)24-4/h5-11H,12-13H2,1-4H3. The summed E-state index contributed by atoms with van der Waals surface area (Å²) in [5.74, 6) is 2.07. The van der Waals surface area contributed by atoms with Gasteiger partial charge < -0.3 is 19.1 Å². The highest BCUT2D eigenvalue weighted by Crippen LogP contribution is 2.28. The SMILES string of the molecule is COc1ccccc1CN(C)C(=O)Cc1ccc(OC)c(OC)c1. The minimum Gasteiger partial charge on any atom is -0.496 e. The number of methoxy groups -OCH3 is 3. The molecule has 0 radical (unpaired) electrons. The zero-order chi connectivity index (χ0) is 17.5. The molecule has 0 aliphatic rings. The Bertz CT molecular complexity index is 700. The molecule has 1 amide bonds. The summed E-state index contributed by atoms with van der Waals surface area (Å²) in [7, 11) is 6.58. The van der Waals surface area contributed by atoms with E-state index in [2.05, 4.69) is 0 Å². The average molecular weight is 329 g/mol. The summed E-state index contributed by atoms with van der Waals surface area (Å²) >= 11 is 0. The van der Waals surface area contributed by atoms with Crippen molar-refractivity contribution in [1.29, 1.82) is 0 Å². The molecule has 0 aliphatic carbocycles. The molecule has 128 valence electrons. The number of rotatable bonds is 7. The van der Waals surface area contributed by atoms with Crippen LogP contribution < -0.4 is 14.2 Å². The molecule has 0 N–H and O–H groups in total. The number of nitrogens with zero attached hydrogens (tertiary/aromatic N) is 1. The Hall–Kier alpha value is -2.69. The van der Waals surface area contributed by atoms with Crippen molar-refractivity contribution in [2.45, 2.75) is 13.0 Å². The van der Waals surface area contributed by atoms with E-state index >= 15 is 0 Å². The molecule has 2 rings (SSSR count). The highest BCUT2D eigenvalue weighted by atomic mass is 16.5. The zero-order valence-electron chi connectivity index (χ0n) is 14.5. The lowest BCUT2D eigenvalue weighted by Crippen LogP contribution is -2.27. The van der Waals surface area contributed by atoms with Gasteiger partial charge in [-0.25, -0.2) is 0 Å². The van der Waals surface area contributed by atoms with Crippen molar-refractivity contribution in [2.24, 2.45) is 0 Å². The summed E-state index contributed by atoms with van der Waals surface area (Å²) in [5, 5.41) is 0. The van der Waals surface area contributed by atoms with E-state index in [0.29, 0.717) is 24.5 Å². The zero-order valence-corrected chi connectivity index (χ0v) is 14.5. The molecule has 0 fully saturated rings.